The number of nitrogens with one attached hydrogen (secondary N) is 1. The molecule has 1 N–H and O–H groups in total. The summed E-state index contributed by atoms with van der Waals surface area (Å²) in [4.78, 5) is 0. The van der Waals surface area contributed by atoms with Crippen molar-refractivity contribution in [1.82, 2.24) is 5.32 Å². The van der Waals surface area contributed by atoms with Crippen molar-refractivity contribution in [2.75, 3.05) is 7.05 Å². The predicted octanol–water partition coefficient (Wildman–Crippen LogP) is 4.62. The Morgan fingerprint density at radius 1 is 1.37 bits per heavy atom. The zero-order valence-corrected chi connectivity index (χ0v) is 12.1. The zero-order chi connectivity index (χ0) is 13.4. The lowest BCUT2D eigenvalue weighted by Crippen LogP contribution is -2.17. The monoisotopic (exact) mass is 257 g/mol. The van der Waals surface area contributed by atoms with Crippen LogP contribution in [-0.4, -0.2) is 7.05 Å². The maximum absolute atomic E-state index is 6.21. The fourth-order valence-corrected chi connectivity index (χ4v) is 2.91. The summed E-state index contributed by atoms with van der Waals surface area (Å²) in [7, 11) is 2.03. The molecular formula is C17H23NO. The molecule has 102 valence electrons. The van der Waals surface area contributed by atoms with E-state index in [-0.39, 0.29) is 0 Å². The highest BCUT2D eigenvalue weighted by Crippen LogP contribution is 2.42. The van der Waals surface area contributed by atoms with Crippen molar-refractivity contribution < 1.29 is 4.42 Å². The number of para-hydroxylation sites is 1. The molecule has 1 heterocycles. The summed E-state index contributed by atoms with van der Waals surface area (Å²) in [5, 5.41) is 4.65. The summed E-state index contributed by atoms with van der Waals surface area (Å²) in [5.74, 6) is 2.42. The molecule has 1 aliphatic rings. The third kappa shape index (κ3) is 2.30. The molecular weight excluding hydrogens is 234 g/mol. The number of rotatable bonds is 5. The van der Waals surface area contributed by atoms with Gasteiger partial charge >= 0.3 is 0 Å². The van der Waals surface area contributed by atoms with Crippen molar-refractivity contribution in [3.05, 3.63) is 35.6 Å². The minimum absolute atomic E-state index is 0.386. The lowest BCUT2D eigenvalue weighted by molar-refractivity contribution is 0.417. The molecule has 19 heavy (non-hydrogen) atoms. The molecule has 2 aromatic rings. The lowest BCUT2D eigenvalue weighted by atomic mass is 9.97. The molecule has 1 fully saturated rings. The van der Waals surface area contributed by atoms with Crippen LogP contribution < -0.4 is 5.32 Å². The maximum atomic E-state index is 6.21. The van der Waals surface area contributed by atoms with Crippen molar-refractivity contribution in [3.8, 4) is 0 Å². The van der Waals surface area contributed by atoms with Gasteiger partial charge in [-0.2, -0.15) is 0 Å². The molecule has 2 heteroatoms. The minimum atomic E-state index is 0.386. The van der Waals surface area contributed by atoms with E-state index in [2.05, 4.69) is 43.4 Å². The van der Waals surface area contributed by atoms with E-state index in [1.807, 2.05) is 7.05 Å². The quantitative estimate of drug-likeness (QED) is 0.845. The molecule has 0 bridgehead atoms. The van der Waals surface area contributed by atoms with Gasteiger partial charge in [0.2, 0.25) is 0 Å². The molecule has 1 aliphatic carbocycles. The molecule has 1 aromatic carbocycles. The van der Waals surface area contributed by atoms with E-state index in [4.69, 9.17) is 4.42 Å². The number of benzene rings is 1. The summed E-state index contributed by atoms with van der Waals surface area (Å²) in [6.45, 7) is 4.50. The van der Waals surface area contributed by atoms with Gasteiger partial charge in [0.25, 0.3) is 0 Å². The van der Waals surface area contributed by atoms with Crippen LogP contribution in [0.4, 0.5) is 0 Å². The highest BCUT2D eigenvalue weighted by molar-refractivity contribution is 5.81. The van der Waals surface area contributed by atoms with Crippen LogP contribution >= 0.6 is 0 Å². The molecule has 2 nitrogen and oxygen atoms in total. The number of fused-ring (bicyclic) bond motifs is 1. The number of hydrogen-bond donors (Lipinski definition) is 1. The Morgan fingerprint density at radius 3 is 2.79 bits per heavy atom. The van der Waals surface area contributed by atoms with Crippen molar-refractivity contribution in [2.45, 2.75) is 45.1 Å². The number of hydrogen-bond acceptors (Lipinski definition) is 2. The topological polar surface area (TPSA) is 25.2 Å². The molecule has 2 atom stereocenters. The highest BCUT2D eigenvalue weighted by atomic mass is 16.3. The molecule has 0 saturated heterocycles. The molecule has 2 unspecified atom stereocenters. The minimum Gasteiger partial charge on any atom is -0.459 e. The van der Waals surface area contributed by atoms with Crippen molar-refractivity contribution in [3.63, 3.8) is 0 Å². The Morgan fingerprint density at radius 2 is 2.16 bits per heavy atom. The van der Waals surface area contributed by atoms with Gasteiger partial charge in [-0.05, 0) is 49.8 Å². The standard InChI is InChI=1S/C17H23NO/c1-4-11(2)14-7-5-6-13-10-15(19-17(13)14)16(18-3)12-8-9-12/h5-7,10-12,16,18H,4,8-9H2,1-3H3. The van der Waals surface area contributed by atoms with Gasteiger partial charge in [-0.3, -0.25) is 0 Å². The fraction of sp³-hybridized carbons (Fsp3) is 0.529. The average Bonchev–Trinajstić information content (AvgIpc) is 3.16. The largest absolute Gasteiger partial charge is 0.459 e. The van der Waals surface area contributed by atoms with E-state index in [1.165, 1.54) is 23.8 Å². The maximum Gasteiger partial charge on any atom is 0.137 e. The second kappa shape index (κ2) is 5.01. The first-order chi connectivity index (χ1) is 9.24. The molecule has 0 radical (unpaired) electrons. The average molecular weight is 257 g/mol. The van der Waals surface area contributed by atoms with Crippen molar-refractivity contribution in [2.24, 2.45) is 5.92 Å². The SMILES string of the molecule is CCC(C)c1cccc2cc(C(NC)C3CC3)oc12. The van der Waals surface area contributed by atoms with Crippen LogP contribution in [0.15, 0.2) is 28.7 Å². The molecule has 1 saturated carbocycles. The Labute approximate surface area is 115 Å². The van der Waals surface area contributed by atoms with E-state index < -0.39 is 0 Å². The molecule has 1 aromatic heterocycles. The van der Waals surface area contributed by atoms with Crippen LogP contribution in [0.3, 0.4) is 0 Å². The van der Waals surface area contributed by atoms with Gasteiger partial charge in [0.15, 0.2) is 0 Å². The molecule has 0 amide bonds. The van der Waals surface area contributed by atoms with Gasteiger partial charge in [0, 0.05) is 5.39 Å². The van der Waals surface area contributed by atoms with Gasteiger partial charge in [0.1, 0.15) is 11.3 Å². The highest BCUT2D eigenvalue weighted by Gasteiger charge is 2.33. The predicted molar refractivity (Wildman–Crippen MR) is 79.4 cm³/mol. The van der Waals surface area contributed by atoms with Crippen LogP contribution in [0.5, 0.6) is 0 Å². The summed E-state index contributed by atoms with van der Waals surface area (Å²) >= 11 is 0. The van der Waals surface area contributed by atoms with Gasteiger partial charge in [-0.15, -0.1) is 0 Å². The molecule has 0 spiro atoms. The first kappa shape index (κ1) is 12.7. The van der Waals surface area contributed by atoms with E-state index in [0.29, 0.717) is 12.0 Å². The smallest absolute Gasteiger partial charge is 0.137 e. The van der Waals surface area contributed by atoms with Gasteiger partial charge in [0.05, 0.1) is 6.04 Å². The van der Waals surface area contributed by atoms with E-state index in [0.717, 1.165) is 23.7 Å². The second-order valence-corrected chi connectivity index (χ2v) is 5.83. The number of furan rings is 1. The van der Waals surface area contributed by atoms with Crippen LogP contribution in [-0.2, 0) is 0 Å². The first-order valence-electron chi connectivity index (χ1n) is 7.44. The summed E-state index contributed by atoms with van der Waals surface area (Å²) in [5.41, 5.74) is 2.43. The lowest BCUT2D eigenvalue weighted by Gasteiger charge is -2.12. The van der Waals surface area contributed by atoms with Crippen LogP contribution in [0, 0.1) is 5.92 Å². The second-order valence-electron chi connectivity index (χ2n) is 5.83. The zero-order valence-electron chi connectivity index (χ0n) is 12.1. The normalized spacial score (nSPS) is 18.7. The Kier molecular flexibility index (Phi) is 3.36. The third-order valence-electron chi connectivity index (χ3n) is 4.45. The fourth-order valence-electron chi connectivity index (χ4n) is 2.91. The van der Waals surface area contributed by atoms with Crippen LogP contribution in [0.25, 0.3) is 11.0 Å². The Bertz CT molecular complexity index is 568. The van der Waals surface area contributed by atoms with Crippen LogP contribution in [0.2, 0.25) is 0 Å². The van der Waals surface area contributed by atoms with Crippen molar-refractivity contribution >= 4 is 11.0 Å². The van der Waals surface area contributed by atoms with Crippen molar-refractivity contribution in [1.29, 1.82) is 0 Å². The summed E-state index contributed by atoms with van der Waals surface area (Å²) in [6, 6.07) is 9.12. The summed E-state index contributed by atoms with van der Waals surface area (Å²) < 4.78 is 6.21. The van der Waals surface area contributed by atoms with Gasteiger partial charge < -0.3 is 9.73 Å². The van der Waals surface area contributed by atoms with Gasteiger partial charge in [-0.25, -0.2) is 0 Å². The van der Waals surface area contributed by atoms with E-state index in [9.17, 15) is 0 Å². The Hall–Kier alpha value is -1.28. The van der Waals surface area contributed by atoms with Crippen LogP contribution in [0.1, 0.15) is 56.4 Å². The molecule has 3 rings (SSSR count). The molecule has 0 aliphatic heterocycles. The first-order valence-corrected chi connectivity index (χ1v) is 7.44. The van der Waals surface area contributed by atoms with Gasteiger partial charge in [-0.1, -0.05) is 32.0 Å². The third-order valence-corrected chi connectivity index (χ3v) is 4.45. The van der Waals surface area contributed by atoms with E-state index in [1.54, 1.807) is 0 Å². The van der Waals surface area contributed by atoms with E-state index >= 15 is 0 Å². The summed E-state index contributed by atoms with van der Waals surface area (Å²) in [6.07, 6.45) is 3.79. The Balaban J connectivity index is 2.04.